The van der Waals surface area contributed by atoms with Crippen LogP contribution in [0.15, 0.2) is 61.2 Å². The Kier molecular flexibility index (Phi) is 5.37. The second-order valence-corrected chi connectivity index (χ2v) is 7.29. The molecule has 2 aromatic heterocycles. The third kappa shape index (κ3) is 4.22. The Bertz CT molecular complexity index is 938. The summed E-state index contributed by atoms with van der Waals surface area (Å²) in [6, 6.07) is 10.9. The summed E-state index contributed by atoms with van der Waals surface area (Å²) in [6.45, 7) is 2.22. The summed E-state index contributed by atoms with van der Waals surface area (Å²) in [6.07, 6.45) is 9.75. The van der Waals surface area contributed by atoms with Crippen molar-refractivity contribution in [2.24, 2.45) is 0 Å². The first kappa shape index (κ1) is 18.2. The van der Waals surface area contributed by atoms with Crippen LogP contribution < -0.4 is 0 Å². The van der Waals surface area contributed by atoms with E-state index in [9.17, 15) is 9.90 Å². The summed E-state index contributed by atoms with van der Waals surface area (Å²) in [5.74, 6) is 1.56. The van der Waals surface area contributed by atoms with Crippen LogP contribution in [0, 0.1) is 0 Å². The Morgan fingerprint density at radius 1 is 1.14 bits per heavy atom. The second-order valence-electron chi connectivity index (χ2n) is 7.29. The van der Waals surface area contributed by atoms with Gasteiger partial charge in [0.1, 0.15) is 11.6 Å². The number of piperidine rings is 1. The Morgan fingerprint density at radius 3 is 2.82 bits per heavy atom. The van der Waals surface area contributed by atoms with Gasteiger partial charge in [0.25, 0.3) is 0 Å². The fraction of sp³-hybridized carbons (Fsp3) is 0.318. The van der Waals surface area contributed by atoms with Gasteiger partial charge in [-0.05, 0) is 48.2 Å². The minimum Gasteiger partial charge on any atom is -0.508 e. The third-order valence-corrected chi connectivity index (χ3v) is 5.26. The number of amides is 1. The number of pyridine rings is 1. The van der Waals surface area contributed by atoms with Crippen LogP contribution in [0.2, 0.25) is 0 Å². The maximum absolute atomic E-state index is 12.8. The summed E-state index contributed by atoms with van der Waals surface area (Å²) in [5, 5.41) is 9.62. The summed E-state index contributed by atoms with van der Waals surface area (Å²) in [4.78, 5) is 23.4. The number of rotatable bonds is 5. The van der Waals surface area contributed by atoms with Gasteiger partial charge in [-0.2, -0.15) is 0 Å². The molecule has 1 aliphatic heterocycles. The van der Waals surface area contributed by atoms with Crippen molar-refractivity contribution < 1.29 is 9.90 Å². The Hall–Kier alpha value is -3.15. The van der Waals surface area contributed by atoms with E-state index in [-0.39, 0.29) is 17.6 Å². The van der Waals surface area contributed by atoms with Gasteiger partial charge >= 0.3 is 0 Å². The number of aromatic hydroxyl groups is 1. The van der Waals surface area contributed by atoms with Gasteiger partial charge in [-0.3, -0.25) is 9.78 Å². The predicted octanol–water partition coefficient (Wildman–Crippen LogP) is 2.98. The van der Waals surface area contributed by atoms with Crippen molar-refractivity contribution in [3.8, 4) is 5.75 Å². The van der Waals surface area contributed by atoms with Gasteiger partial charge < -0.3 is 14.6 Å². The van der Waals surface area contributed by atoms with Crippen molar-refractivity contribution in [1.29, 1.82) is 0 Å². The number of carbonyl (C=O) groups excluding carboxylic acids is 1. The number of imidazole rings is 1. The lowest BCUT2D eigenvalue weighted by atomic mass is 9.96. The van der Waals surface area contributed by atoms with Crippen LogP contribution in [0.3, 0.4) is 0 Å². The van der Waals surface area contributed by atoms with E-state index in [0.717, 1.165) is 37.3 Å². The number of aromatic nitrogens is 3. The van der Waals surface area contributed by atoms with Crippen LogP contribution in [-0.4, -0.2) is 43.5 Å². The third-order valence-electron chi connectivity index (χ3n) is 5.26. The van der Waals surface area contributed by atoms with Crippen molar-refractivity contribution in [1.82, 2.24) is 19.4 Å². The van der Waals surface area contributed by atoms with E-state index >= 15 is 0 Å². The summed E-state index contributed by atoms with van der Waals surface area (Å²) >= 11 is 0. The average Bonchev–Trinajstić information content (AvgIpc) is 3.17. The molecule has 0 aliphatic carbocycles. The fourth-order valence-electron chi connectivity index (χ4n) is 3.87. The van der Waals surface area contributed by atoms with Crippen LogP contribution in [0.5, 0.6) is 5.75 Å². The fourth-order valence-corrected chi connectivity index (χ4v) is 3.87. The first-order valence-corrected chi connectivity index (χ1v) is 9.64. The highest BCUT2D eigenvalue weighted by atomic mass is 16.3. The molecule has 0 spiro atoms. The van der Waals surface area contributed by atoms with Crippen LogP contribution in [0.1, 0.15) is 35.7 Å². The first-order valence-electron chi connectivity index (χ1n) is 9.64. The molecular formula is C22H24N4O2. The Labute approximate surface area is 164 Å². The first-order chi connectivity index (χ1) is 13.7. The molecule has 6 heteroatoms. The van der Waals surface area contributed by atoms with Crippen LogP contribution in [-0.2, 0) is 17.8 Å². The van der Waals surface area contributed by atoms with E-state index in [1.165, 1.54) is 5.56 Å². The average molecular weight is 376 g/mol. The van der Waals surface area contributed by atoms with Gasteiger partial charge in [0.05, 0.1) is 6.42 Å². The molecular weight excluding hydrogens is 352 g/mol. The molecule has 144 valence electrons. The topological polar surface area (TPSA) is 71.2 Å². The lowest BCUT2D eigenvalue weighted by Crippen LogP contribution is -2.40. The molecule has 28 heavy (non-hydrogen) atoms. The smallest absolute Gasteiger partial charge is 0.227 e. The maximum Gasteiger partial charge on any atom is 0.227 e. The van der Waals surface area contributed by atoms with E-state index in [0.29, 0.717) is 13.0 Å². The zero-order valence-corrected chi connectivity index (χ0v) is 15.7. The van der Waals surface area contributed by atoms with Crippen molar-refractivity contribution in [3.05, 3.63) is 78.1 Å². The molecule has 0 unspecified atom stereocenters. The number of hydrogen-bond acceptors (Lipinski definition) is 4. The van der Waals surface area contributed by atoms with E-state index in [1.54, 1.807) is 30.6 Å². The minimum atomic E-state index is 0.0996. The molecule has 0 radical (unpaired) electrons. The van der Waals surface area contributed by atoms with Crippen molar-refractivity contribution in [2.75, 3.05) is 13.1 Å². The van der Waals surface area contributed by atoms with Crippen LogP contribution >= 0.6 is 0 Å². The van der Waals surface area contributed by atoms with Crippen LogP contribution in [0.4, 0.5) is 0 Å². The van der Waals surface area contributed by atoms with Crippen LogP contribution in [0.25, 0.3) is 0 Å². The highest BCUT2D eigenvalue weighted by Gasteiger charge is 2.27. The molecule has 0 saturated carbocycles. The summed E-state index contributed by atoms with van der Waals surface area (Å²) < 4.78 is 2.17. The molecule has 3 aromatic rings. The molecule has 1 aromatic carbocycles. The predicted molar refractivity (Wildman–Crippen MR) is 106 cm³/mol. The largest absolute Gasteiger partial charge is 0.508 e. The number of phenols is 1. The van der Waals surface area contributed by atoms with E-state index in [2.05, 4.69) is 14.5 Å². The summed E-state index contributed by atoms with van der Waals surface area (Å²) in [5.41, 5.74) is 2.02. The normalized spacial score (nSPS) is 16.9. The maximum atomic E-state index is 12.8. The summed E-state index contributed by atoms with van der Waals surface area (Å²) in [7, 11) is 0. The highest BCUT2D eigenvalue weighted by Crippen LogP contribution is 2.27. The van der Waals surface area contributed by atoms with E-state index in [1.807, 2.05) is 35.5 Å². The van der Waals surface area contributed by atoms with Crippen molar-refractivity contribution in [2.45, 2.75) is 31.7 Å². The zero-order chi connectivity index (χ0) is 19.3. The van der Waals surface area contributed by atoms with Crippen molar-refractivity contribution in [3.63, 3.8) is 0 Å². The molecule has 1 aliphatic rings. The monoisotopic (exact) mass is 376 g/mol. The minimum absolute atomic E-state index is 0.0996. The van der Waals surface area contributed by atoms with E-state index < -0.39 is 0 Å². The lowest BCUT2D eigenvalue weighted by Gasteiger charge is -2.33. The highest BCUT2D eigenvalue weighted by molar-refractivity contribution is 5.79. The van der Waals surface area contributed by atoms with Gasteiger partial charge in [-0.15, -0.1) is 0 Å². The quantitative estimate of drug-likeness (QED) is 0.743. The molecule has 1 amide bonds. The Balaban J connectivity index is 1.44. The van der Waals surface area contributed by atoms with Gasteiger partial charge in [0.2, 0.25) is 5.91 Å². The molecule has 1 N–H and O–H groups in total. The number of nitrogens with zero attached hydrogens (tertiary/aromatic N) is 4. The molecule has 6 nitrogen and oxygen atoms in total. The molecule has 1 saturated heterocycles. The number of phenolic OH excluding ortho intramolecular Hbond substituents is 1. The molecule has 1 atom stereocenters. The number of hydrogen-bond donors (Lipinski definition) is 1. The number of benzene rings is 1. The molecule has 4 rings (SSSR count). The number of likely N-dealkylation sites (tertiary alicyclic amines) is 1. The lowest BCUT2D eigenvalue weighted by molar-refractivity contribution is -0.131. The van der Waals surface area contributed by atoms with Gasteiger partial charge in [-0.1, -0.05) is 12.1 Å². The molecule has 0 bridgehead atoms. The van der Waals surface area contributed by atoms with Gasteiger partial charge in [0.15, 0.2) is 0 Å². The zero-order valence-electron chi connectivity index (χ0n) is 15.7. The van der Waals surface area contributed by atoms with E-state index in [4.69, 9.17) is 0 Å². The SMILES string of the molecule is O=C(Cc1cccc(O)c1)N1CCC[C@@H](c2nccn2Cc2ccncc2)C1. The number of carbonyl (C=O) groups is 1. The molecule has 3 heterocycles. The standard InChI is InChI=1S/C22H24N4O2/c27-20-5-1-3-18(13-20)14-21(28)25-11-2-4-19(16-25)22-24-10-12-26(22)15-17-6-8-23-9-7-17/h1,3,5-10,12-13,19,27H,2,4,11,14-16H2/t19-/m1/s1. The van der Waals surface area contributed by atoms with Gasteiger partial charge in [0, 0.05) is 50.3 Å². The Morgan fingerprint density at radius 2 is 2.00 bits per heavy atom. The van der Waals surface area contributed by atoms with Gasteiger partial charge in [-0.25, -0.2) is 4.98 Å². The molecule has 1 fully saturated rings. The second kappa shape index (κ2) is 8.25. The van der Waals surface area contributed by atoms with Crippen molar-refractivity contribution >= 4 is 5.91 Å².